The maximum atomic E-state index is 17.9. The summed E-state index contributed by atoms with van der Waals surface area (Å²) in [7, 11) is 5.28. The molecule has 10 rings (SSSR count). The molecule has 0 saturated carbocycles. The Balaban J connectivity index is 1.09. The van der Waals surface area contributed by atoms with Crippen molar-refractivity contribution >= 4 is 69.1 Å². The highest BCUT2D eigenvalue weighted by Crippen LogP contribution is 2.51. The number of ether oxygens (including phenoxy) is 6. The van der Waals surface area contributed by atoms with Crippen LogP contribution in [0.2, 0.25) is 0 Å². The minimum Gasteiger partial charge on any atom is -0.469 e. The Morgan fingerprint density at radius 3 is 1.34 bits per heavy atom. The van der Waals surface area contributed by atoms with Crippen LogP contribution in [-0.4, -0.2) is 144 Å². The Morgan fingerprint density at radius 2 is 0.949 bits per heavy atom. The number of amides is 2. The number of esters is 4. The molecular formula is C71H89F5N10O12. The first-order valence-corrected chi connectivity index (χ1v) is 33.6. The first-order chi connectivity index (χ1) is 46.8. The molecule has 0 aliphatic carbocycles. The molecule has 4 N–H and O–H groups in total. The summed E-state index contributed by atoms with van der Waals surface area (Å²) in [6, 6.07) is 8.07. The number of piperidine rings is 1. The third-order valence-electron chi connectivity index (χ3n) is 20.4. The smallest absolute Gasteiger partial charge is 0.324 e. The topological polar surface area (TPSA) is 258 Å². The fraction of sp³-hybridized carbons (Fsp3) is 0.549. The van der Waals surface area contributed by atoms with Crippen molar-refractivity contribution in [2.75, 3.05) is 64.4 Å². The number of nitrogens with two attached hydrogens (primary N) is 2. The fourth-order valence-electron chi connectivity index (χ4n) is 14.4. The number of benzene rings is 4. The van der Waals surface area contributed by atoms with E-state index in [0.717, 1.165) is 17.7 Å². The van der Waals surface area contributed by atoms with Crippen LogP contribution in [-0.2, 0) is 70.7 Å². The second kappa shape index (κ2) is 30.9. The maximum absolute atomic E-state index is 17.9. The molecule has 6 aromatic rings. The summed E-state index contributed by atoms with van der Waals surface area (Å²) in [5, 5.41) is 0. The van der Waals surface area contributed by atoms with E-state index in [1.165, 1.54) is 74.0 Å². The Labute approximate surface area is 566 Å². The monoisotopic (exact) mass is 1370 g/mol. The van der Waals surface area contributed by atoms with Gasteiger partial charge in [0.05, 0.1) is 97.3 Å². The standard InChI is InChI=1S/C71H89F5N10O12/c1-37(2)63(77)70(91)97-35-84-59-33-49(73)47(29-53(59)79-66(84)57-13-11-23-82(57)68(89)45(39(5)93-7)31-61(87)95-9)55-19-20-56(86(55)44-27-51(75)65(52(76)28-44)81-25-21-42(22-26-81)41-15-17-43(72)18-16-41)48-30-54-60(34-50(48)74)85(36-98-71(92)64(78)38(3)4)67(80-54)58-14-12-24-83(58)69(90)46(40(6)94-8)32-62(88)96-10/h15-18,27-30,33-34,37-40,42,45-46,55-58,63-64H,11-14,19-26,31-32,35-36,77-78H2,1-10H3/t39-,40-,45+,46+,55-,56?,57+,58+,63+,64+/m1/s1. The van der Waals surface area contributed by atoms with E-state index in [1.54, 1.807) is 73.3 Å². The molecule has 4 saturated heterocycles. The average molecular weight is 1370 g/mol. The van der Waals surface area contributed by atoms with Crippen LogP contribution in [0.4, 0.5) is 33.3 Å². The van der Waals surface area contributed by atoms with E-state index in [9.17, 15) is 33.2 Å². The molecule has 0 bridgehead atoms. The Morgan fingerprint density at radius 1 is 0.531 bits per heavy atom. The van der Waals surface area contributed by atoms with Gasteiger partial charge >= 0.3 is 23.9 Å². The van der Waals surface area contributed by atoms with Crippen LogP contribution < -0.4 is 21.3 Å². The van der Waals surface area contributed by atoms with E-state index in [1.807, 2.05) is 0 Å². The quantitative estimate of drug-likeness (QED) is 0.0307. The number of imidazole rings is 2. The Bertz CT molecular complexity index is 3710. The highest BCUT2D eigenvalue weighted by Gasteiger charge is 2.45. The first-order valence-electron chi connectivity index (χ1n) is 33.6. The first kappa shape index (κ1) is 72.5. The van der Waals surface area contributed by atoms with Gasteiger partial charge in [-0.15, -0.1) is 0 Å². The number of nitrogens with zero attached hydrogens (tertiary/aromatic N) is 8. The Kier molecular flexibility index (Phi) is 22.8. The minimum atomic E-state index is -1.09. The molecule has 2 amide bonds. The van der Waals surface area contributed by atoms with Crippen molar-refractivity contribution in [3.63, 3.8) is 0 Å². The number of rotatable bonds is 25. The number of carbonyl (C=O) groups is 6. The molecule has 1 unspecified atom stereocenters. The number of aromatic nitrogens is 4. The van der Waals surface area contributed by atoms with Crippen LogP contribution in [0.25, 0.3) is 22.1 Å². The predicted octanol–water partition coefficient (Wildman–Crippen LogP) is 10.3. The number of fused-ring (bicyclic) bond motifs is 2. The van der Waals surface area contributed by atoms with Gasteiger partial charge in [-0.05, 0) is 125 Å². The molecule has 0 radical (unpaired) electrons. The lowest BCUT2D eigenvalue weighted by molar-refractivity contribution is -0.151. The fourth-order valence-corrected chi connectivity index (χ4v) is 14.4. The number of carbonyl (C=O) groups excluding carboxylic acids is 6. The van der Waals surface area contributed by atoms with E-state index in [2.05, 4.69) is 0 Å². The van der Waals surface area contributed by atoms with Gasteiger partial charge in [-0.2, -0.15) is 0 Å². The zero-order valence-corrected chi connectivity index (χ0v) is 57.1. The molecule has 2 aromatic heterocycles. The van der Waals surface area contributed by atoms with Crippen molar-refractivity contribution in [2.24, 2.45) is 35.1 Å². The summed E-state index contributed by atoms with van der Waals surface area (Å²) in [6.07, 6.45) is 0.878. The predicted molar refractivity (Wildman–Crippen MR) is 352 cm³/mol. The minimum absolute atomic E-state index is 0.00274. The summed E-state index contributed by atoms with van der Waals surface area (Å²) in [6.45, 7) is 10.3. The van der Waals surface area contributed by atoms with Gasteiger partial charge in [0.1, 0.15) is 46.9 Å². The highest BCUT2D eigenvalue weighted by molar-refractivity contribution is 5.87. The van der Waals surface area contributed by atoms with Gasteiger partial charge in [0.25, 0.3) is 0 Å². The van der Waals surface area contributed by atoms with Crippen LogP contribution in [0.1, 0.15) is 164 Å². The lowest BCUT2D eigenvalue weighted by Gasteiger charge is -2.36. The van der Waals surface area contributed by atoms with Crippen molar-refractivity contribution in [3.05, 3.63) is 118 Å². The number of anilines is 2. The second-order valence-corrected chi connectivity index (χ2v) is 26.9. The third-order valence-corrected chi connectivity index (χ3v) is 20.4. The van der Waals surface area contributed by atoms with E-state index in [0.29, 0.717) is 38.5 Å². The summed E-state index contributed by atoms with van der Waals surface area (Å²) in [5.41, 5.74) is 13.7. The van der Waals surface area contributed by atoms with E-state index in [-0.39, 0.29) is 132 Å². The van der Waals surface area contributed by atoms with Crippen LogP contribution in [0.5, 0.6) is 0 Å². The third kappa shape index (κ3) is 14.9. The largest absolute Gasteiger partial charge is 0.469 e. The molecule has 6 heterocycles. The normalized spacial score (nSPS) is 20.3. The van der Waals surface area contributed by atoms with Crippen LogP contribution in [0, 0.1) is 52.8 Å². The number of halogens is 5. The van der Waals surface area contributed by atoms with Gasteiger partial charge in [-0.25, -0.2) is 31.9 Å². The molecule has 0 spiro atoms. The van der Waals surface area contributed by atoms with Crippen molar-refractivity contribution in [1.82, 2.24) is 28.9 Å². The van der Waals surface area contributed by atoms with Gasteiger partial charge in [0.2, 0.25) is 11.8 Å². The molecule has 4 aromatic carbocycles. The lowest BCUT2D eigenvalue weighted by Crippen LogP contribution is -2.42. The SMILES string of the molecule is COC(=O)C[C@H](C(=O)N1CCC[C@H]1c1nc2cc(C3CC[C@H](c4cc5nc([C@@H]6CCCN6C(=O)[C@@H](CC(=O)OC)[C@@H](C)OC)n(COC(=O)[C@@H](N)C(C)C)c5cc4F)N3c3cc(F)c(N4CCC(c5ccc(F)cc5)CC4)c(F)c3)c(F)cc2n1COC(=O)[C@@H](N)C(C)C)[C@@H](C)OC. The van der Waals surface area contributed by atoms with Gasteiger partial charge in [-0.3, -0.25) is 37.9 Å². The van der Waals surface area contributed by atoms with Crippen molar-refractivity contribution in [3.8, 4) is 0 Å². The van der Waals surface area contributed by atoms with Crippen molar-refractivity contribution < 1.29 is 79.1 Å². The zero-order chi connectivity index (χ0) is 70.7. The van der Waals surface area contributed by atoms with Crippen molar-refractivity contribution in [1.29, 1.82) is 0 Å². The molecule has 4 aliphatic rings. The van der Waals surface area contributed by atoms with Crippen LogP contribution >= 0.6 is 0 Å². The molecule has 22 nitrogen and oxygen atoms in total. The molecule has 10 atom stereocenters. The lowest BCUT2D eigenvalue weighted by atomic mass is 9.89. The van der Waals surface area contributed by atoms with Crippen LogP contribution in [0.3, 0.4) is 0 Å². The van der Waals surface area contributed by atoms with E-state index < -0.39 is 133 Å². The second-order valence-electron chi connectivity index (χ2n) is 26.9. The number of hydrogen-bond donors (Lipinski definition) is 2. The summed E-state index contributed by atoms with van der Waals surface area (Å²) in [5.74, 6) is -9.61. The molecule has 4 fully saturated rings. The van der Waals surface area contributed by atoms with E-state index >= 15 is 17.6 Å². The van der Waals surface area contributed by atoms with Gasteiger partial charge < -0.3 is 59.5 Å². The van der Waals surface area contributed by atoms with E-state index in [4.69, 9.17) is 49.9 Å². The summed E-state index contributed by atoms with van der Waals surface area (Å²) >= 11 is 0. The van der Waals surface area contributed by atoms with Crippen molar-refractivity contribution in [2.45, 2.75) is 174 Å². The molecular weight excluding hydrogens is 1280 g/mol. The zero-order valence-electron chi connectivity index (χ0n) is 57.1. The highest BCUT2D eigenvalue weighted by atomic mass is 19.1. The van der Waals surface area contributed by atoms with Gasteiger partial charge in [-0.1, -0.05) is 39.8 Å². The molecule has 4 aliphatic heterocycles. The summed E-state index contributed by atoms with van der Waals surface area (Å²) < 4.78 is 120. The maximum Gasteiger partial charge on any atom is 0.324 e. The van der Waals surface area contributed by atoms with Gasteiger partial charge in [0.15, 0.2) is 25.1 Å². The molecule has 98 heavy (non-hydrogen) atoms. The van der Waals surface area contributed by atoms with Crippen LogP contribution in [0.15, 0.2) is 60.7 Å². The summed E-state index contributed by atoms with van der Waals surface area (Å²) in [4.78, 5) is 98.2. The molecule has 530 valence electrons. The number of hydrogen-bond acceptors (Lipinski definition) is 18. The number of likely N-dealkylation sites (tertiary alicyclic amines) is 2. The Hall–Kier alpha value is -8.27. The molecule has 27 heteroatoms. The van der Waals surface area contributed by atoms with Gasteiger partial charge in [0, 0.05) is 69.3 Å². The number of methoxy groups -OCH3 is 4. The average Bonchev–Trinajstić information content (AvgIpc) is 1.56.